The highest BCUT2D eigenvalue weighted by atomic mass is 32.1. The van der Waals surface area contributed by atoms with Gasteiger partial charge in [-0.3, -0.25) is 9.59 Å². The molecule has 9 nitrogen and oxygen atoms in total. The number of nitrogens with zero attached hydrogens (tertiary/aromatic N) is 1. The number of carbonyl (C=O) groups excluding carboxylic acids is 2. The van der Waals surface area contributed by atoms with Crippen LogP contribution in [-0.2, 0) is 19.1 Å². The van der Waals surface area contributed by atoms with Gasteiger partial charge in [-0.25, -0.2) is 0 Å². The lowest BCUT2D eigenvalue weighted by Gasteiger charge is -2.38. The van der Waals surface area contributed by atoms with E-state index < -0.39 is 55.3 Å². The molecule has 0 bridgehead atoms. The molecule has 2 aliphatic rings. The SMILES string of the molecule is [2H]C1(CC(=O)OC)CN([C@@H]2O[C@H](CO)[C@@H](O)[C@H]2O)C(=S)NC1=O. The third kappa shape index (κ3) is 3.20. The molecule has 0 aromatic carbocycles. The van der Waals surface area contributed by atoms with E-state index in [1.807, 2.05) is 0 Å². The van der Waals surface area contributed by atoms with E-state index in [-0.39, 0.29) is 11.7 Å². The molecular weight excluding hydrogens is 316 g/mol. The van der Waals surface area contributed by atoms with E-state index in [2.05, 4.69) is 10.1 Å². The fourth-order valence-corrected chi connectivity index (χ4v) is 2.59. The van der Waals surface area contributed by atoms with Gasteiger partial charge in [-0.15, -0.1) is 0 Å². The summed E-state index contributed by atoms with van der Waals surface area (Å²) in [7, 11) is 1.14. The van der Waals surface area contributed by atoms with Gasteiger partial charge in [0.25, 0.3) is 0 Å². The Morgan fingerprint density at radius 1 is 1.59 bits per heavy atom. The first kappa shape index (κ1) is 15.6. The second-order valence-electron chi connectivity index (χ2n) is 4.97. The molecule has 4 N–H and O–H groups in total. The number of thiocarbonyl (C=S) groups is 1. The lowest BCUT2D eigenvalue weighted by molar-refractivity contribution is -0.146. The van der Waals surface area contributed by atoms with Gasteiger partial charge >= 0.3 is 5.97 Å². The highest BCUT2D eigenvalue weighted by Gasteiger charge is 2.48. The van der Waals surface area contributed by atoms with Gasteiger partial charge in [0.15, 0.2) is 11.3 Å². The van der Waals surface area contributed by atoms with Crippen LogP contribution < -0.4 is 5.32 Å². The first-order valence-corrected chi connectivity index (χ1v) is 6.95. The molecule has 0 aromatic heterocycles. The van der Waals surface area contributed by atoms with Crippen molar-refractivity contribution in [3.05, 3.63) is 0 Å². The molecule has 2 saturated heterocycles. The first-order valence-electron chi connectivity index (χ1n) is 7.05. The number of amides is 1. The Labute approximate surface area is 133 Å². The lowest BCUT2D eigenvalue weighted by atomic mass is 10.0. The van der Waals surface area contributed by atoms with E-state index in [0.717, 1.165) is 7.11 Å². The summed E-state index contributed by atoms with van der Waals surface area (Å²) in [6.45, 7) is -0.852. The van der Waals surface area contributed by atoms with Crippen LogP contribution in [0, 0.1) is 5.89 Å². The smallest absolute Gasteiger partial charge is 0.306 e. The van der Waals surface area contributed by atoms with E-state index in [4.69, 9.17) is 23.4 Å². The van der Waals surface area contributed by atoms with Gasteiger partial charge < -0.3 is 35.0 Å². The number of methoxy groups -OCH3 is 1. The van der Waals surface area contributed by atoms with Gasteiger partial charge in [0.2, 0.25) is 5.91 Å². The van der Waals surface area contributed by atoms with Gasteiger partial charge in [-0.05, 0) is 12.2 Å². The maximum Gasteiger partial charge on any atom is 0.306 e. The number of hydrogen-bond donors (Lipinski definition) is 4. The van der Waals surface area contributed by atoms with E-state index in [9.17, 15) is 19.8 Å². The maximum atomic E-state index is 12.0. The lowest BCUT2D eigenvalue weighted by Crippen LogP contribution is -2.60. The Hall–Kier alpha value is -1.33. The Balaban J connectivity index is 2.20. The largest absolute Gasteiger partial charge is 0.469 e. The van der Waals surface area contributed by atoms with Gasteiger partial charge in [-0.2, -0.15) is 0 Å². The number of esters is 1. The number of ether oxygens (including phenoxy) is 2. The van der Waals surface area contributed by atoms with Crippen molar-refractivity contribution in [1.29, 1.82) is 0 Å². The molecule has 2 fully saturated rings. The van der Waals surface area contributed by atoms with Crippen LogP contribution in [0.3, 0.4) is 0 Å². The van der Waals surface area contributed by atoms with E-state index in [1.165, 1.54) is 4.90 Å². The van der Waals surface area contributed by atoms with Crippen molar-refractivity contribution < 1.29 is 35.8 Å². The van der Waals surface area contributed by atoms with Crippen molar-refractivity contribution in [2.75, 3.05) is 20.3 Å². The summed E-state index contributed by atoms with van der Waals surface area (Å²) < 4.78 is 18.0. The highest BCUT2D eigenvalue weighted by molar-refractivity contribution is 7.80. The molecule has 2 heterocycles. The Kier molecular flexibility index (Phi) is 4.84. The number of nitrogens with one attached hydrogen (secondary N) is 1. The van der Waals surface area contributed by atoms with Crippen LogP contribution >= 0.6 is 12.2 Å². The minimum atomic E-state index is -1.89. The van der Waals surface area contributed by atoms with Crippen LogP contribution in [0.2, 0.25) is 0 Å². The molecule has 0 radical (unpaired) electrons. The van der Waals surface area contributed by atoms with Crippen molar-refractivity contribution in [3.8, 4) is 0 Å². The zero-order valence-electron chi connectivity index (χ0n) is 12.8. The first-order chi connectivity index (χ1) is 10.7. The molecule has 0 aliphatic carbocycles. The minimum Gasteiger partial charge on any atom is -0.469 e. The van der Waals surface area contributed by atoms with Crippen molar-refractivity contribution in [2.45, 2.75) is 31.0 Å². The number of aliphatic hydroxyl groups excluding tert-OH is 3. The Morgan fingerprint density at radius 3 is 2.82 bits per heavy atom. The molecule has 1 amide bonds. The van der Waals surface area contributed by atoms with Crippen LogP contribution in [0.25, 0.3) is 0 Å². The third-order valence-corrected chi connectivity index (χ3v) is 3.91. The maximum absolute atomic E-state index is 12.0. The molecule has 22 heavy (non-hydrogen) atoms. The van der Waals surface area contributed by atoms with Crippen LogP contribution in [0.15, 0.2) is 0 Å². The number of carbonyl (C=O) groups is 2. The predicted octanol–water partition coefficient (Wildman–Crippen LogP) is -2.68. The summed E-state index contributed by atoms with van der Waals surface area (Å²) in [6.07, 6.45) is -5.43. The fraction of sp³-hybridized carbons (Fsp3) is 0.750. The number of rotatable bonds is 4. The summed E-state index contributed by atoms with van der Waals surface area (Å²) in [5.41, 5.74) is 0. The minimum absolute atomic E-state index is 0.0995. The molecule has 0 aromatic rings. The van der Waals surface area contributed by atoms with Crippen LogP contribution in [0.4, 0.5) is 0 Å². The number of hydrogen-bond acceptors (Lipinski definition) is 8. The summed E-state index contributed by atoms with van der Waals surface area (Å²) >= 11 is 5.01. The van der Waals surface area contributed by atoms with E-state index >= 15 is 0 Å². The molecule has 0 spiro atoms. The van der Waals surface area contributed by atoms with Crippen LogP contribution in [0.1, 0.15) is 7.79 Å². The second-order valence-corrected chi connectivity index (χ2v) is 5.36. The molecule has 2 aliphatic heterocycles. The van der Waals surface area contributed by atoms with Crippen molar-refractivity contribution in [1.82, 2.24) is 10.2 Å². The molecule has 5 atom stereocenters. The fourth-order valence-electron chi connectivity index (χ4n) is 2.33. The molecule has 10 heteroatoms. The van der Waals surface area contributed by atoms with Crippen LogP contribution in [0.5, 0.6) is 0 Å². The summed E-state index contributed by atoms with van der Waals surface area (Å²) in [5, 5.41) is 31.1. The van der Waals surface area contributed by atoms with E-state index in [0.29, 0.717) is 0 Å². The zero-order valence-corrected chi connectivity index (χ0v) is 12.6. The van der Waals surface area contributed by atoms with Crippen LogP contribution in [-0.4, -0.2) is 82.0 Å². The van der Waals surface area contributed by atoms with Crippen molar-refractivity contribution >= 4 is 29.2 Å². The molecule has 1 unspecified atom stereocenters. The average molecular weight is 335 g/mol. The number of aliphatic hydroxyl groups is 3. The predicted molar refractivity (Wildman–Crippen MR) is 75.3 cm³/mol. The Bertz CT molecular complexity index is 522. The van der Waals surface area contributed by atoms with Crippen molar-refractivity contribution in [3.63, 3.8) is 0 Å². The Morgan fingerprint density at radius 2 is 2.27 bits per heavy atom. The second kappa shape index (κ2) is 6.84. The topological polar surface area (TPSA) is 129 Å². The van der Waals surface area contributed by atoms with Crippen molar-refractivity contribution in [2.24, 2.45) is 5.89 Å². The van der Waals surface area contributed by atoms with Gasteiger partial charge in [0, 0.05) is 7.92 Å². The summed E-state index contributed by atoms with van der Waals surface area (Å²) in [5.74, 6) is -3.40. The zero-order chi connectivity index (χ0) is 17.4. The summed E-state index contributed by atoms with van der Waals surface area (Å²) in [6, 6.07) is 0. The summed E-state index contributed by atoms with van der Waals surface area (Å²) in [4.78, 5) is 24.6. The quantitative estimate of drug-likeness (QED) is 0.321. The monoisotopic (exact) mass is 335 g/mol. The molecular formula is C12H18N2O7S. The molecule has 0 saturated carbocycles. The normalized spacial score (nSPS) is 39.5. The standard InChI is InChI=1S/C12H18N2O7S/c1-20-7(16)2-5-3-14(12(22)13-10(5)19)11-9(18)8(17)6(4-15)21-11/h5-6,8-9,11,15,17-18H,2-4H2,1H3,(H,13,19,22)/t5?,6-,8-,9-,11-/m1/s1/i5D. The van der Waals surface area contributed by atoms with E-state index in [1.54, 1.807) is 0 Å². The average Bonchev–Trinajstić information content (AvgIpc) is 2.79. The molecule has 2 rings (SSSR count). The highest BCUT2D eigenvalue weighted by Crippen LogP contribution is 2.27. The van der Waals surface area contributed by atoms with Gasteiger partial charge in [0.05, 0.1) is 26.0 Å². The van der Waals surface area contributed by atoms with Gasteiger partial charge in [0.1, 0.15) is 18.3 Å². The molecule has 124 valence electrons. The van der Waals surface area contributed by atoms with Gasteiger partial charge in [-0.1, -0.05) is 0 Å². The third-order valence-electron chi connectivity index (χ3n) is 3.57.